The molecule has 2 heterocycles. The van der Waals surface area contributed by atoms with E-state index in [0.717, 1.165) is 47.9 Å². The van der Waals surface area contributed by atoms with Crippen molar-refractivity contribution in [1.29, 1.82) is 0 Å². The predicted molar refractivity (Wildman–Crippen MR) is 165 cm³/mol. The highest BCUT2D eigenvalue weighted by atomic mass is 16.2. The Labute approximate surface area is 254 Å². The quantitative estimate of drug-likeness (QED) is 0.183. The minimum Gasteiger partial charge on any atom is -0.344 e. The van der Waals surface area contributed by atoms with Crippen LogP contribution in [0.3, 0.4) is 0 Å². The van der Waals surface area contributed by atoms with Gasteiger partial charge in [0.2, 0.25) is 23.7 Å². The number of rotatable bonds is 10. The molecule has 4 aromatic rings. The average molecular weight is 597 g/mol. The molecule has 44 heavy (non-hydrogen) atoms. The number of carbonyl (C=O) groups excluding carboxylic acids is 3. The van der Waals surface area contributed by atoms with E-state index >= 15 is 0 Å². The Morgan fingerprint density at radius 1 is 1.02 bits per heavy atom. The van der Waals surface area contributed by atoms with Gasteiger partial charge in [0.05, 0.1) is 5.69 Å². The zero-order valence-corrected chi connectivity index (χ0v) is 24.7. The molecule has 13 nitrogen and oxygen atoms in total. The molecule has 2 aromatic carbocycles. The first-order chi connectivity index (χ1) is 21.3. The molecule has 1 fully saturated rings. The molecule has 2 aromatic heterocycles. The first kappa shape index (κ1) is 30.4. The van der Waals surface area contributed by atoms with E-state index in [1.54, 1.807) is 30.5 Å². The van der Waals surface area contributed by atoms with Gasteiger partial charge in [0.15, 0.2) is 5.82 Å². The number of anilines is 2. The molecule has 0 aliphatic heterocycles. The zero-order valence-electron chi connectivity index (χ0n) is 24.7. The summed E-state index contributed by atoms with van der Waals surface area (Å²) >= 11 is 0. The van der Waals surface area contributed by atoms with Gasteiger partial charge in [0.25, 0.3) is 0 Å². The number of aromatic nitrogens is 6. The Kier molecular flexibility index (Phi) is 9.65. The van der Waals surface area contributed by atoms with Crippen molar-refractivity contribution in [3.05, 3.63) is 66.0 Å². The van der Waals surface area contributed by atoms with Gasteiger partial charge in [-0.3, -0.25) is 19.7 Å². The normalized spacial score (nSPS) is 17.0. The molecule has 1 atom stereocenters. The first-order valence-electron chi connectivity index (χ1n) is 14.6. The molecule has 0 saturated heterocycles. The number of hydrogen-bond acceptors (Lipinski definition) is 9. The van der Waals surface area contributed by atoms with Crippen molar-refractivity contribution in [3.63, 3.8) is 0 Å². The van der Waals surface area contributed by atoms with E-state index in [0.29, 0.717) is 29.7 Å². The van der Waals surface area contributed by atoms with E-state index in [-0.39, 0.29) is 36.0 Å². The summed E-state index contributed by atoms with van der Waals surface area (Å²) in [5, 5.41) is 22.4. The molecule has 13 heteroatoms. The average Bonchev–Trinajstić information content (AvgIpc) is 3.56. The van der Waals surface area contributed by atoms with Crippen molar-refractivity contribution < 1.29 is 14.4 Å². The first-order valence-corrected chi connectivity index (χ1v) is 14.6. The summed E-state index contributed by atoms with van der Waals surface area (Å²) in [7, 11) is 0. The maximum Gasteiger partial charge on any atom is 0.247 e. The van der Waals surface area contributed by atoms with E-state index in [9.17, 15) is 14.4 Å². The highest BCUT2D eigenvalue weighted by Crippen LogP contribution is 2.29. The Hall–Kier alpha value is -5.04. The van der Waals surface area contributed by atoms with Gasteiger partial charge in [0.1, 0.15) is 6.04 Å². The van der Waals surface area contributed by atoms with Crippen molar-refractivity contribution in [2.75, 3.05) is 17.2 Å². The van der Waals surface area contributed by atoms with Crippen molar-refractivity contribution in [2.45, 2.75) is 52.0 Å². The second-order valence-corrected chi connectivity index (χ2v) is 11.1. The fourth-order valence-electron chi connectivity index (χ4n) is 5.45. The lowest BCUT2D eigenvalue weighted by atomic mass is 9.81. The number of tetrazole rings is 1. The van der Waals surface area contributed by atoms with Crippen LogP contribution in [0.2, 0.25) is 0 Å². The maximum atomic E-state index is 13.6. The molecule has 0 radical (unpaired) electrons. The summed E-state index contributed by atoms with van der Waals surface area (Å²) < 4.78 is 0. The molecular formula is C31H36N10O3. The number of nitrogens with zero attached hydrogens (tertiary/aromatic N) is 5. The van der Waals surface area contributed by atoms with Gasteiger partial charge in [-0.05, 0) is 90.9 Å². The van der Waals surface area contributed by atoms with Gasteiger partial charge < -0.3 is 16.4 Å². The van der Waals surface area contributed by atoms with Crippen LogP contribution in [0.25, 0.3) is 22.5 Å². The largest absolute Gasteiger partial charge is 0.344 e. The van der Waals surface area contributed by atoms with E-state index in [4.69, 9.17) is 5.73 Å². The highest BCUT2D eigenvalue weighted by molar-refractivity contribution is 5.98. The molecule has 6 N–H and O–H groups in total. The molecule has 1 saturated carbocycles. The van der Waals surface area contributed by atoms with Crippen molar-refractivity contribution in [1.82, 2.24) is 35.9 Å². The third-order valence-electron chi connectivity index (χ3n) is 7.90. The van der Waals surface area contributed by atoms with Gasteiger partial charge in [-0.2, -0.15) is 0 Å². The summed E-state index contributed by atoms with van der Waals surface area (Å²) in [4.78, 5) is 47.1. The van der Waals surface area contributed by atoms with Crippen molar-refractivity contribution in [3.8, 4) is 22.5 Å². The number of H-pyrrole nitrogens is 1. The number of nitrogens with one attached hydrogen (secondary N) is 4. The molecule has 0 unspecified atom stereocenters. The minimum absolute atomic E-state index is 0.122. The van der Waals surface area contributed by atoms with Crippen LogP contribution in [0.1, 0.15) is 43.9 Å². The topological polar surface area (TPSA) is 194 Å². The molecule has 228 valence electrons. The van der Waals surface area contributed by atoms with Crippen molar-refractivity contribution >= 4 is 29.4 Å². The molecule has 0 bridgehead atoms. The Morgan fingerprint density at radius 3 is 2.45 bits per heavy atom. The van der Waals surface area contributed by atoms with Crippen LogP contribution in [0.5, 0.6) is 0 Å². The van der Waals surface area contributed by atoms with Crippen LogP contribution in [0.4, 0.5) is 11.6 Å². The lowest BCUT2D eigenvalue weighted by molar-refractivity contribution is -0.130. The van der Waals surface area contributed by atoms with Crippen LogP contribution in [0.15, 0.2) is 54.7 Å². The Balaban J connectivity index is 1.34. The van der Waals surface area contributed by atoms with E-state index < -0.39 is 6.04 Å². The lowest BCUT2D eigenvalue weighted by Gasteiger charge is -2.28. The number of benzene rings is 2. The molecular weight excluding hydrogens is 560 g/mol. The SMILES string of the molecule is CC(=O)Nc1ncc(-c2cccc(C[C@H](NC(=O)C3CCC(CN)CC3)C(=O)Nc3ccc(-c4nnn[nH]4)cc3)c2)c(C)n1. The molecule has 1 aliphatic rings. The third-order valence-corrected chi connectivity index (χ3v) is 7.90. The van der Waals surface area contributed by atoms with Crippen LogP contribution in [-0.2, 0) is 20.8 Å². The smallest absolute Gasteiger partial charge is 0.247 e. The Bertz CT molecular complexity index is 1600. The second-order valence-electron chi connectivity index (χ2n) is 11.1. The number of aryl methyl sites for hydroxylation is 1. The fraction of sp³-hybridized carbons (Fsp3) is 0.355. The summed E-state index contributed by atoms with van der Waals surface area (Å²) in [5.41, 5.74) is 10.4. The fourth-order valence-corrected chi connectivity index (χ4v) is 5.45. The number of nitrogens with two attached hydrogens (primary N) is 1. The molecule has 1 aliphatic carbocycles. The third kappa shape index (κ3) is 7.67. The summed E-state index contributed by atoms with van der Waals surface area (Å²) in [5.74, 6) is 0.340. The number of amides is 3. The van der Waals surface area contributed by atoms with Crippen LogP contribution < -0.4 is 21.7 Å². The molecule has 0 spiro atoms. The maximum absolute atomic E-state index is 13.6. The van der Waals surface area contributed by atoms with E-state index in [1.807, 2.05) is 31.2 Å². The summed E-state index contributed by atoms with van der Waals surface area (Å²) in [6.07, 6.45) is 5.25. The van der Waals surface area contributed by atoms with Gasteiger partial charge >= 0.3 is 0 Å². The van der Waals surface area contributed by atoms with Crippen LogP contribution >= 0.6 is 0 Å². The van der Waals surface area contributed by atoms with E-state index in [1.165, 1.54) is 6.92 Å². The zero-order chi connectivity index (χ0) is 31.1. The number of carbonyl (C=O) groups is 3. The lowest BCUT2D eigenvalue weighted by Crippen LogP contribution is -2.48. The van der Waals surface area contributed by atoms with E-state index in [2.05, 4.69) is 46.5 Å². The second kappa shape index (κ2) is 14.0. The monoisotopic (exact) mass is 596 g/mol. The molecule has 5 rings (SSSR count). The standard InChI is InChI=1S/C31H36N10O3/c1-18-26(17-33-31(34-18)35-19(2)42)24-5-3-4-21(14-24)15-27(37-29(43)23-8-6-20(16-32)7-9-23)30(44)36-25-12-10-22(11-13-25)28-38-40-41-39-28/h3-5,10-14,17,20,23,27H,6-9,15-16,32H2,1-2H3,(H,36,44)(H,37,43)(H,33,34,35,42)(H,38,39,40,41)/t20?,23?,27-/m0/s1. The summed E-state index contributed by atoms with van der Waals surface area (Å²) in [6.45, 7) is 3.87. The van der Waals surface area contributed by atoms with Gasteiger partial charge in [-0.25, -0.2) is 15.1 Å². The van der Waals surface area contributed by atoms with Crippen molar-refractivity contribution in [2.24, 2.45) is 17.6 Å². The Morgan fingerprint density at radius 2 is 1.80 bits per heavy atom. The minimum atomic E-state index is -0.817. The van der Waals surface area contributed by atoms with Gasteiger partial charge in [-0.1, -0.05) is 24.3 Å². The highest BCUT2D eigenvalue weighted by Gasteiger charge is 2.29. The predicted octanol–water partition coefficient (Wildman–Crippen LogP) is 3.02. The van der Waals surface area contributed by atoms with Gasteiger partial charge in [0, 0.05) is 42.3 Å². The molecule has 3 amide bonds. The summed E-state index contributed by atoms with van der Waals surface area (Å²) in [6, 6.07) is 14.0. The van der Waals surface area contributed by atoms with Crippen LogP contribution in [-0.4, -0.2) is 60.9 Å². The number of hydrogen-bond donors (Lipinski definition) is 5. The number of aromatic amines is 1. The van der Waals surface area contributed by atoms with Crippen LogP contribution in [0, 0.1) is 18.8 Å². The van der Waals surface area contributed by atoms with Gasteiger partial charge in [-0.15, -0.1) is 5.10 Å².